The largest absolute Gasteiger partial charge is 0.393 e. The lowest BCUT2D eigenvalue weighted by molar-refractivity contribution is -0.223. The quantitative estimate of drug-likeness (QED) is 0.327. The van der Waals surface area contributed by atoms with Crippen LogP contribution in [0.4, 0.5) is 0 Å². The molecule has 0 aromatic heterocycles. The Morgan fingerprint density at radius 2 is 1.63 bits per heavy atom. The lowest BCUT2D eigenvalue weighted by Crippen LogP contribution is -2.64. The van der Waals surface area contributed by atoms with Crippen molar-refractivity contribution in [2.45, 2.75) is 96.9 Å². The van der Waals surface area contributed by atoms with Gasteiger partial charge < -0.3 is 20.6 Å². The minimum absolute atomic E-state index is 0.0479. The van der Waals surface area contributed by atoms with E-state index >= 15 is 0 Å². The summed E-state index contributed by atoms with van der Waals surface area (Å²) in [4.78, 5) is 12.2. The molecule has 8 nitrogen and oxygen atoms in total. The van der Waals surface area contributed by atoms with Crippen molar-refractivity contribution in [2.24, 2.45) is 46.3 Å². The van der Waals surface area contributed by atoms with E-state index in [2.05, 4.69) is 26.1 Å². The van der Waals surface area contributed by atoms with Gasteiger partial charge in [-0.15, -0.1) is 0 Å². The number of carbonyl (C=O) groups excluding carboxylic acids is 1. The number of carbonyl (C=O) groups is 1. The molecule has 0 bridgehead atoms. The van der Waals surface area contributed by atoms with E-state index < -0.39 is 28.1 Å². The molecule has 0 radical (unpaired) electrons. The summed E-state index contributed by atoms with van der Waals surface area (Å²) in [7, 11) is -4.08. The predicted octanol–water partition coefficient (Wildman–Crippen LogP) is 2.37. The number of hydrogen-bond donors (Lipinski definition) is 5. The van der Waals surface area contributed by atoms with Gasteiger partial charge in [-0.3, -0.25) is 9.35 Å². The normalized spacial score (nSPS) is 46.3. The highest BCUT2D eigenvalue weighted by atomic mass is 32.2. The van der Waals surface area contributed by atoms with Crippen molar-refractivity contribution in [2.75, 3.05) is 12.3 Å². The lowest BCUT2D eigenvalue weighted by Gasteiger charge is -2.63. The van der Waals surface area contributed by atoms with Crippen LogP contribution in [0.1, 0.15) is 78.6 Å². The molecule has 4 saturated carbocycles. The van der Waals surface area contributed by atoms with Crippen LogP contribution < -0.4 is 5.32 Å². The average Bonchev–Trinajstić information content (AvgIpc) is 3.13. The molecule has 0 aromatic rings. The van der Waals surface area contributed by atoms with E-state index in [1.54, 1.807) is 0 Å². The second-order valence-electron chi connectivity index (χ2n) is 12.7. The maximum Gasteiger partial charge on any atom is 0.266 e. The Labute approximate surface area is 210 Å². The van der Waals surface area contributed by atoms with Crippen LogP contribution in [-0.2, 0) is 14.9 Å². The van der Waals surface area contributed by atoms with Crippen molar-refractivity contribution in [3.63, 3.8) is 0 Å². The van der Waals surface area contributed by atoms with Gasteiger partial charge in [-0.2, -0.15) is 8.42 Å². The second-order valence-corrected chi connectivity index (χ2v) is 14.3. The van der Waals surface area contributed by atoms with E-state index in [9.17, 15) is 28.5 Å². The minimum atomic E-state index is -4.08. The highest BCUT2D eigenvalue weighted by Gasteiger charge is 2.65. The molecule has 4 rings (SSSR count). The van der Waals surface area contributed by atoms with Crippen molar-refractivity contribution in [3.8, 4) is 0 Å². The minimum Gasteiger partial charge on any atom is -0.393 e. The Kier molecular flexibility index (Phi) is 7.69. The van der Waals surface area contributed by atoms with Crippen molar-refractivity contribution in [1.29, 1.82) is 0 Å². The highest BCUT2D eigenvalue weighted by molar-refractivity contribution is 7.85. The average molecular weight is 516 g/mol. The van der Waals surface area contributed by atoms with E-state index in [-0.39, 0.29) is 41.2 Å². The number of nitrogens with one attached hydrogen (secondary N) is 1. The molecule has 4 fully saturated rings. The van der Waals surface area contributed by atoms with Gasteiger partial charge >= 0.3 is 0 Å². The molecule has 5 N–H and O–H groups in total. The fraction of sp³-hybridized carbons (Fsp3) is 0.962. The number of hydrogen-bond acceptors (Lipinski definition) is 6. The summed E-state index contributed by atoms with van der Waals surface area (Å²) in [5.41, 5.74) is 0.00776. The molecule has 202 valence electrons. The zero-order valence-corrected chi connectivity index (χ0v) is 22.2. The summed E-state index contributed by atoms with van der Waals surface area (Å²) >= 11 is 0. The van der Waals surface area contributed by atoms with E-state index in [0.717, 1.165) is 38.5 Å². The lowest BCUT2D eigenvalue weighted by atomic mass is 9.43. The topological polar surface area (TPSA) is 144 Å². The van der Waals surface area contributed by atoms with Gasteiger partial charge in [0.1, 0.15) is 0 Å². The first kappa shape index (κ1) is 27.3. The maximum atomic E-state index is 12.2. The monoisotopic (exact) mass is 515 g/mol. The van der Waals surface area contributed by atoms with E-state index in [0.29, 0.717) is 42.9 Å². The van der Waals surface area contributed by atoms with Gasteiger partial charge in [0, 0.05) is 13.0 Å². The summed E-state index contributed by atoms with van der Waals surface area (Å²) in [6.07, 6.45) is 5.54. The maximum absolute atomic E-state index is 12.2. The van der Waals surface area contributed by atoms with Crippen molar-refractivity contribution >= 4 is 16.0 Å². The summed E-state index contributed by atoms with van der Waals surface area (Å²) < 4.78 is 30.5. The number of amides is 1. The fourth-order valence-electron chi connectivity index (χ4n) is 9.18. The van der Waals surface area contributed by atoms with Crippen molar-refractivity contribution in [1.82, 2.24) is 5.32 Å². The smallest absolute Gasteiger partial charge is 0.266 e. The number of rotatable bonds is 7. The van der Waals surface area contributed by atoms with Gasteiger partial charge in [0.05, 0.1) is 24.1 Å². The third-order valence-electron chi connectivity index (χ3n) is 11.0. The van der Waals surface area contributed by atoms with Crippen LogP contribution in [0.5, 0.6) is 0 Å². The Balaban J connectivity index is 1.42. The summed E-state index contributed by atoms with van der Waals surface area (Å²) in [6, 6.07) is 0. The van der Waals surface area contributed by atoms with E-state index in [1.165, 1.54) is 0 Å². The van der Waals surface area contributed by atoms with Gasteiger partial charge in [0.15, 0.2) is 0 Å². The first-order chi connectivity index (χ1) is 16.3. The molecule has 0 aromatic carbocycles. The van der Waals surface area contributed by atoms with Gasteiger partial charge in [-0.05, 0) is 97.7 Å². The molecular formula is C26H45NO7S. The van der Waals surface area contributed by atoms with Crippen LogP contribution in [0.25, 0.3) is 0 Å². The molecule has 0 heterocycles. The van der Waals surface area contributed by atoms with Crippen LogP contribution in [0.3, 0.4) is 0 Å². The molecule has 11 atom stereocenters. The Morgan fingerprint density at radius 3 is 2.31 bits per heavy atom. The van der Waals surface area contributed by atoms with Crippen LogP contribution in [-0.4, -0.2) is 64.8 Å². The molecular weight excluding hydrogens is 470 g/mol. The number of fused-ring (bicyclic) bond motifs is 5. The first-order valence-corrected chi connectivity index (χ1v) is 15.1. The van der Waals surface area contributed by atoms with E-state index in [1.807, 2.05) is 0 Å². The van der Waals surface area contributed by atoms with Gasteiger partial charge in [-0.25, -0.2) is 0 Å². The summed E-state index contributed by atoms with van der Waals surface area (Å²) in [5.74, 6) is 0.781. The van der Waals surface area contributed by atoms with Crippen LogP contribution in [0.2, 0.25) is 0 Å². The molecule has 35 heavy (non-hydrogen) atoms. The molecule has 0 aliphatic heterocycles. The summed E-state index contributed by atoms with van der Waals surface area (Å²) in [5, 5.41) is 35.4. The van der Waals surface area contributed by atoms with Crippen LogP contribution in [0, 0.1) is 46.3 Å². The van der Waals surface area contributed by atoms with Crippen LogP contribution >= 0.6 is 0 Å². The molecule has 0 spiro atoms. The van der Waals surface area contributed by atoms with Crippen molar-refractivity contribution < 1.29 is 33.1 Å². The SMILES string of the molecule is C[C@H](CCC(=O)NCCS(=O)(=O)O)[C@H]1CCC2C3C(CC[C@@]21C)[C@@]1(C)CC[C@@H](O)C[C@H]1[C@H](O)[C@H]3O. The molecule has 4 aliphatic rings. The van der Waals surface area contributed by atoms with Gasteiger partial charge in [-0.1, -0.05) is 20.8 Å². The highest BCUT2D eigenvalue weighted by Crippen LogP contribution is 2.68. The van der Waals surface area contributed by atoms with Crippen LogP contribution in [0.15, 0.2) is 0 Å². The summed E-state index contributed by atoms with van der Waals surface area (Å²) in [6.45, 7) is 6.75. The molecule has 9 heteroatoms. The Hall–Kier alpha value is -0.740. The second kappa shape index (κ2) is 9.86. The molecule has 0 saturated heterocycles. The van der Waals surface area contributed by atoms with Gasteiger partial charge in [0.25, 0.3) is 10.1 Å². The fourth-order valence-corrected chi connectivity index (χ4v) is 9.54. The van der Waals surface area contributed by atoms with Crippen molar-refractivity contribution in [3.05, 3.63) is 0 Å². The predicted molar refractivity (Wildman–Crippen MR) is 132 cm³/mol. The Morgan fingerprint density at radius 1 is 0.971 bits per heavy atom. The van der Waals surface area contributed by atoms with E-state index in [4.69, 9.17) is 4.55 Å². The zero-order valence-electron chi connectivity index (χ0n) is 21.4. The number of aliphatic hydroxyl groups excluding tert-OH is 3. The molecule has 3 unspecified atom stereocenters. The number of aliphatic hydroxyl groups is 3. The van der Waals surface area contributed by atoms with Gasteiger partial charge in [0.2, 0.25) is 5.91 Å². The molecule has 4 aliphatic carbocycles. The molecule has 1 amide bonds. The third-order valence-corrected chi connectivity index (χ3v) is 11.7. The zero-order chi connectivity index (χ0) is 25.8. The first-order valence-electron chi connectivity index (χ1n) is 13.5. The third kappa shape index (κ3) is 5.05. The Bertz CT molecular complexity index is 896. The standard InChI is InChI=1S/C26H45NO7S/c1-15(4-7-21(29)27-12-13-35(32,33)34)17-5-6-18-22-19(9-11-25(17,18)2)26(3)10-8-16(28)14-20(26)23(30)24(22)31/h15-20,22-24,28,30-31H,4-14H2,1-3H3,(H,27,29)(H,32,33,34)/t15-,16-,17-,18?,19?,20+,22?,23+,24+,25-,26-/m1/s1.